The summed E-state index contributed by atoms with van der Waals surface area (Å²) in [7, 11) is 0. The van der Waals surface area contributed by atoms with Crippen LogP contribution in [0.5, 0.6) is 0 Å². The number of ether oxygens (including phenoxy) is 1. The average Bonchev–Trinajstić information content (AvgIpc) is 2.51. The van der Waals surface area contributed by atoms with Crippen molar-refractivity contribution in [1.82, 2.24) is 0 Å². The maximum absolute atomic E-state index is 12.1. The summed E-state index contributed by atoms with van der Waals surface area (Å²) in [5.41, 5.74) is 0. The largest absolute Gasteiger partial charge is 0.481 e. The molecule has 0 radical (unpaired) electrons. The normalized spacial score (nSPS) is 11.4. The molecular weight excluding hydrogens is 217 g/mol. The second-order valence-corrected chi connectivity index (χ2v) is 2.75. The number of furan rings is 1. The van der Waals surface area contributed by atoms with Gasteiger partial charge in [0, 0.05) is 0 Å². The molecule has 0 saturated heterocycles. The second-order valence-electron chi connectivity index (χ2n) is 2.38. The van der Waals surface area contributed by atoms with E-state index < -0.39 is 11.9 Å². The molecule has 0 aliphatic heterocycles. The SMILES string of the molecule is CCOC(=S)c1ccc(C(F)(F)F)o1. The summed E-state index contributed by atoms with van der Waals surface area (Å²) in [6.45, 7) is 1.97. The topological polar surface area (TPSA) is 22.4 Å². The van der Waals surface area contributed by atoms with E-state index in [1.54, 1.807) is 6.92 Å². The van der Waals surface area contributed by atoms with Gasteiger partial charge >= 0.3 is 6.18 Å². The number of rotatable bonds is 2. The van der Waals surface area contributed by atoms with Crippen molar-refractivity contribution in [3.63, 3.8) is 0 Å². The molecule has 14 heavy (non-hydrogen) atoms. The Morgan fingerprint density at radius 1 is 1.50 bits per heavy atom. The third kappa shape index (κ3) is 2.47. The molecule has 0 unspecified atom stereocenters. The van der Waals surface area contributed by atoms with Gasteiger partial charge in [-0.1, -0.05) is 0 Å². The van der Waals surface area contributed by atoms with E-state index >= 15 is 0 Å². The minimum absolute atomic E-state index is 0.0667. The smallest absolute Gasteiger partial charge is 0.449 e. The molecule has 78 valence electrons. The zero-order valence-corrected chi connectivity index (χ0v) is 8.04. The minimum atomic E-state index is -4.49. The monoisotopic (exact) mass is 224 g/mol. The molecule has 0 saturated carbocycles. The molecule has 0 N–H and O–H groups in total. The van der Waals surface area contributed by atoms with E-state index in [4.69, 9.17) is 4.74 Å². The molecule has 0 bridgehead atoms. The van der Waals surface area contributed by atoms with Crippen LogP contribution in [0, 0.1) is 0 Å². The lowest BCUT2D eigenvalue weighted by atomic mass is 10.4. The third-order valence-electron chi connectivity index (χ3n) is 1.36. The molecule has 1 aromatic rings. The number of thiocarbonyl (C=S) groups is 1. The molecule has 1 heterocycles. The molecule has 2 nitrogen and oxygen atoms in total. The number of hydrogen-bond donors (Lipinski definition) is 0. The van der Waals surface area contributed by atoms with Crippen molar-refractivity contribution in [3.8, 4) is 0 Å². The summed E-state index contributed by atoms with van der Waals surface area (Å²) in [6, 6.07) is 1.96. The fraction of sp³-hybridized carbons (Fsp3) is 0.375. The van der Waals surface area contributed by atoms with Gasteiger partial charge in [-0.05, 0) is 31.3 Å². The summed E-state index contributed by atoms with van der Waals surface area (Å²) in [4.78, 5) is 0. The molecule has 0 spiro atoms. The van der Waals surface area contributed by atoms with E-state index in [0.717, 1.165) is 12.1 Å². The Kier molecular flexibility index (Phi) is 3.15. The molecule has 6 heteroatoms. The van der Waals surface area contributed by atoms with Crippen LogP contribution >= 0.6 is 12.2 Å². The van der Waals surface area contributed by atoms with E-state index in [1.807, 2.05) is 0 Å². The highest BCUT2D eigenvalue weighted by molar-refractivity contribution is 7.80. The molecule has 0 aliphatic rings. The lowest BCUT2D eigenvalue weighted by molar-refractivity contribution is -0.153. The number of hydrogen-bond acceptors (Lipinski definition) is 3. The van der Waals surface area contributed by atoms with Gasteiger partial charge in [-0.25, -0.2) is 0 Å². The summed E-state index contributed by atoms with van der Waals surface area (Å²) >= 11 is 4.67. The Morgan fingerprint density at radius 2 is 2.14 bits per heavy atom. The van der Waals surface area contributed by atoms with Crippen LogP contribution in [0.15, 0.2) is 16.5 Å². The first kappa shape index (κ1) is 11.0. The van der Waals surface area contributed by atoms with Crippen molar-refractivity contribution in [2.75, 3.05) is 6.61 Å². The average molecular weight is 224 g/mol. The Balaban J connectivity index is 2.83. The van der Waals surface area contributed by atoms with Crippen molar-refractivity contribution in [2.24, 2.45) is 0 Å². The van der Waals surface area contributed by atoms with Gasteiger partial charge < -0.3 is 9.15 Å². The van der Waals surface area contributed by atoms with Crippen molar-refractivity contribution in [3.05, 3.63) is 23.7 Å². The Bertz CT molecular complexity index is 330. The second kappa shape index (κ2) is 4.00. The van der Waals surface area contributed by atoms with Crippen LogP contribution in [-0.2, 0) is 10.9 Å². The molecule has 0 aliphatic carbocycles. The maximum atomic E-state index is 12.1. The van der Waals surface area contributed by atoms with Gasteiger partial charge in [-0.15, -0.1) is 0 Å². The Hall–Kier alpha value is -1.04. The molecular formula is C8H7F3O2S. The standard InChI is InChI=1S/C8H7F3O2S/c1-2-12-7(14)5-3-4-6(13-5)8(9,10)11/h3-4H,2H2,1H3. The van der Waals surface area contributed by atoms with Crippen LogP contribution in [0.1, 0.15) is 18.4 Å². The summed E-state index contributed by atoms with van der Waals surface area (Å²) in [6.07, 6.45) is -4.49. The first-order valence-electron chi connectivity index (χ1n) is 3.79. The molecule has 0 amide bonds. The van der Waals surface area contributed by atoms with Crippen molar-refractivity contribution < 1.29 is 22.3 Å². The van der Waals surface area contributed by atoms with E-state index in [2.05, 4.69) is 16.6 Å². The molecule has 0 fully saturated rings. The fourth-order valence-corrected chi connectivity index (χ4v) is 1.03. The van der Waals surface area contributed by atoms with Gasteiger partial charge in [0.2, 0.25) is 10.8 Å². The van der Waals surface area contributed by atoms with Gasteiger partial charge in [0.05, 0.1) is 6.61 Å². The maximum Gasteiger partial charge on any atom is 0.449 e. The highest BCUT2D eigenvalue weighted by atomic mass is 32.1. The van der Waals surface area contributed by atoms with E-state index in [9.17, 15) is 13.2 Å². The zero-order valence-electron chi connectivity index (χ0n) is 7.22. The minimum Gasteiger partial charge on any atom is -0.481 e. The first-order valence-corrected chi connectivity index (χ1v) is 4.20. The van der Waals surface area contributed by atoms with Crippen LogP contribution in [0.4, 0.5) is 13.2 Å². The van der Waals surface area contributed by atoms with Gasteiger partial charge in [-0.3, -0.25) is 0 Å². The molecule has 0 atom stereocenters. The predicted octanol–water partition coefficient (Wildman–Crippen LogP) is 3.01. The summed E-state index contributed by atoms with van der Waals surface area (Å²) in [5, 5.41) is -0.0667. The van der Waals surface area contributed by atoms with Crippen molar-refractivity contribution in [1.29, 1.82) is 0 Å². The molecule has 1 rings (SSSR count). The molecule has 1 aromatic heterocycles. The predicted molar refractivity (Wildman–Crippen MR) is 47.0 cm³/mol. The van der Waals surface area contributed by atoms with Crippen molar-refractivity contribution >= 4 is 17.3 Å². The number of halogens is 3. The first-order chi connectivity index (χ1) is 6.45. The van der Waals surface area contributed by atoms with Gasteiger partial charge in [-0.2, -0.15) is 13.2 Å². The summed E-state index contributed by atoms with van der Waals surface area (Å²) < 4.78 is 45.5. The van der Waals surface area contributed by atoms with Gasteiger partial charge in [0.15, 0.2) is 5.76 Å². The van der Waals surface area contributed by atoms with Crippen LogP contribution in [0.2, 0.25) is 0 Å². The van der Waals surface area contributed by atoms with Crippen LogP contribution in [-0.4, -0.2) is 11.7 Å². The van der Waals surface area contributed by atoms with Crippen molar-refractivity contribution in [2.45, 2.75) is 13.1 Å². The van der Waals surface area contributed by atoms with Gasteiger partial charge in [0.25, 0.3) is 0 Å². The van der Waals surface area contributed by atoms with E-state index in [0.29, 0.717) is 6.61 Å². The van der Waals surface area contributed by atoms with Crippen LogP contribution in [0.25, 0.3) is 0 Å². The van der Waals surface area contributed by atoms with E-state index in [1.165, 1.54) is 0 Å². The highest BCUT2D eigenvalue weighted by Crippen LogP contribution is 2.30. The van der Waals surface area contributed by atoms with E-state index in [-0.39, 0.29) is 10.8 Å². The number of alkyl halides is 3. The lowest BCUT2D eigenvalue weighted by Gasteiger charge is -2.02. The molecule has 0 aromatic carbocycles. The Labute approximate surface area is 83.7 Å². The summed E-state index contributed by atoms with van der Waals surface area (Å²) in [5.74, 6) is -1.15. The quantitative estimate of drug-likeness (QED) is 0.721. The fourth-order valence-electron chi connectivity index (χ4n) is 0.802. The highest BCUT2D eigenvalue weighted by Gasteiger charge is 2.35. The van der Waals surface area contributed by atoms with Crippen LogP contribution in [0.3, 0.4) is 0 Å². The third-order valence-corrected chi connectivity index (χ3v) is 1.68. The zero-order chi connectivity index (χ0) is 10.8. The lowest BCUT2D eigenvalue weighted by Crippen LogP contribution is -2.04. The van der Waals surface area contributed by atoms with Gasteiger partial charge in [0.1, 0.15) is 0 Å². The van der Waals surface area contributed by atoms with Crippen LogP contribution < -0.4 is 0 Å². The Morgan fingerprint density at radius 3 is 2.57 bits per heavy atom.